The second-order valence-electron chi connectivity index (χ2n) is 5.05. The molecule has 0 atom stereocenters. The number of rotatable bonds is 4. The molecule has 2 nitrogen and oxygen atoms in total. The van der Waals surface area contributed by atoms with Crippen molar-refractivity contribution in [2.75, 3.05) is 7.11 Å². The van der Waals surface area contributed by atoms with Crippen molar-refractivity contribution in [2.24, 2.45) is 0 Å². The maximum absolute atomic E-state index is 13.7. The number of ketones is 1. The lowest BCUT2D eigenvalue weighted by Gasteiger charge is -2.10. The highest BCUT2D eigenvalue weighted by Crippen LogP contribution is 2.29. The molecule has 0 aliphatic carbocycles. The van der Waals surface area contributed by atoms with Crippen molar-refractivity contribution in [3.05, 3.63) is 77.6 Å². The highest BCUT2D eigenvalue weighted by Gasteiger charge is 2.14. The number of Topliss-reactive ketones (excluding diaryl/α,β-unsaturated/α-hetero) is 1. The molecule has 0 bridgehead atoms. The van der Waals surface area contributed by atoms with Gasteiger partial charge in [0.1, 0.15) is 11.6 Å². The first kappa shape index (κ1) is 14.3. The fourth-order valence-electron chi connectivity index (χ4n) is 2.60. The quantitative estimate of drug-likeness (QED) is 0.666. The van der Waals surface area contributed by atoms with Crippen LogP contribution in [-0.2, 0) is 6.42 Å². The molecule has 0 saturated carbocycles. The van der Waals surface area contributed by atoms with Crippen LogP contribution in [0.1, 0.15) is 15.9 Å². The molecular weight excluding hydrogens is 279 g/mol. The fourth-order valence-corrected chi connectivity index (χ4v) is 2.60. The van der Waals surface area contributed by atoms with E-state index in [1.807, 2.05) is 24.3 Å². The number of fused-ring (bicyclic) bond motifs is 1. The Labute approximate surface area is 128 Å². The second kappa shape index (κ2) is 5.98. The van der Waals surface area contributed by atoms with Crippen LogP contribution in [0.3, 0.4) is 0 Å². The van der Waals surface area contributed by atoms with E-state index < -0.39 is 0 Å². The Morgan fingerprint density at radius 1 is 0.955 bits per heavy atom. The van der Waals surface area contributed by atoms with E-state index in [0.717, 1.165) is 16.5 Å². The molecule has 0 N–H and O–H groups in total. The number of methoxy groups -OCH3 is 1. The average Bonchev–Trinajstić information content (AvgIpc) is 2.56. The van der Waals surface area contributed by atoms with E-state index in [1.165, 1.54) is 6.07 Å². The van der Waals surface area contributed by atoms with Gasteiger partial charge >= 0.3 is 0 Å². The number of halogens is 1. The lowest BCUT2D eigenvalue weighted by atomic mass is 9.97. The molecule has 110 valence electrons. The van der Waals surface area contributed by atoms with Crippen molar-refractivity contribution in [3.63, 3.8) is 0 Å². The van der Waals surface area contributed by atoms with Crippen LogP contribution in [0.5, 0.6) is 5.75 Å². The van der Waals surface area contributed by atoms with E-state index in [-0.39, 0.29) is 18.0 Å². The van der Waals surface area contributed by atoms with Gasteiger partial charge in [0.25, 0.3) is 0 Å². The van der Waals surface area contributed by atoms with E-state index in [4.69, 9.17) is 4.74 Å². The van der Waals surface area contributed by atoms with Crippen LogP contribution >= 0.6 is 0 Å². The maximum Gasteiger partial charge on any atom is 0.167 e. The molecule has 0 heterocycles. The molecule has 0 aliphatic heterocycles. The minimum Gasteiger partial charge on any atom is -0.496 e. The topological polar surface area (TPSA) is 26.3 Å². The maximum atomic E-state index is 13.7. The Hall–Kier alpha value is -2.68. The minimum absolute atomic E-state index is 0.0446. The zero-order valence-electron chi connectivity index (χ0n) is 12.2. The predicted molar refractivity (Wildman–Crippen MR) is 84.9 cm³/mol. The summed E-state index contributed by atoms with van der Waals surface area (Å²) in [5, 5.41) is 1.70. The number of hydrogen-bond acceptors (Lipinski definition) is 2. The monoisotopic (exact) mass is 294 g/mol. The summed E-state index contributed by atoms with van der Waals surface area (Å²) in [5.41, 5.74) is 0.993. The van der Waals surface area contributed by atoms with Crippen LogP contribution in [0.2, 0.25) is 0 Å². The second-order valence-corrected chi connectivity index (χ2v) is 5.05. The number of carbonyl (C=O) groups excluding carboxylic acids is 1. The Balaban J connectivity index is 2.03. The smallest absolute Gasteiger partial charge is 0.167 e. The molecule has 0 fully saturated rings. The summed E-state index contributed by atoms with van der Waals surface area (Å²) in [6.07, 6.45) is 0.0446. The number of hydrogen-bond donors (Lipinski definition) is 0. The summed E-state index contributed by atoms with van der Waals surface area (Å²) in [7, 11) is 1.60. The Morgan fingerprint density at radius 2 is 1.64 bits per heavy atom. The van der Waals surface area contributed by atoms with Gasteiger partial charge in [0, 0.05) is 17.4 Å². The Bertz CT molecular complexity index is 840. The van der Waals surface area contributed by atoms with E-state index in [1.54, 1.807) is 37.4 Å². The largest absolute Gasteiger partial charge is 0.496 e. The lowest BCUT2D eigenvalue weighted by molar-refractivity contribution is 0.0993. The third-order valence-corrected chi connectivity index (χ3v) is 3.71. The fraction of sp³-hybridized carbons (Fsp3) is 0.105. The van der Waals surface area contributed by atoms with E-state index in [2.05, 4.69) is 0 Å². The van der Waals surface area contributed by atoms with Crippen molar-refractivity contribution in [2.45, 2.75) is 6.42 Å². The third-order valence-electron chi connectivity index (χ3n) is 3.71. The van der Waals surface area contributed by atoms with Gasteiger partial charge in [-0.2, -0.15) is 0 Å². The van der Waals surface area contributed by atoms with Crippen LogP contribution in [0, 0.1) is 5.82 Å². The highest BCUT2D eigenvalue weighted by molar-refractivity contribution is 6.10. The van der Waals surface area contributed by atoms with Crippen molar-refractivity contribution < 1.29 is 13.9 Å². The molecular formula is C19H15FO2. The molecule has 0 unspecified atom stereocenters. The minimum atomic E-state index is -0.353. The van der Waals surface area contributed by atoms with Gasteiger partial charge in [-0.25, -0.2) is 4.39 Å². The van der Waals surface area contributed by atoms with Gasteiger partial charge in [-0.3, -0.25) is 4.79 Å². The molecule has 0 saturated heterocycles. The van der Waals surface area contributed by atoms with E-state index >= 15 is 0 Å². The summed E-state index contributed by atoms with van der Waals surface area (Å²) >= 11 is 0. The summed E-state index contributed by atoms with van der Waals surface area (Å²) in [5.74, 6) is 0.260. The molecule has 3 aromatic rings. The van der Waals surface area contributed by atoms with Crippen molar-refractivity contribution in [1.29, 1.82) is 0 Å². The number of ether oxygens (including phenoxy) is 1. The van der Waals surface area contributed by atoms with Crippen molar-refractivity contribution in [1.82, 2.24) is 0 Å². The van der Waals surface area contributed by atoms with Crippen LogP contribution in [-0.4, -0.2) is 12.9 Å². The van der Waals surface area contributed by atoms with Gasteiger partial charge < -0.3 is 4.74 Å². The summed E-state index contributed by atoms with van der Waals surface area (Å²) in [4.78, 5) is 12.6. The molecule has 3 heteroatoms. The van der Waals surface area contributed by atoms with Gasteiger partial charge in [-0.1, -0.05) is 42.5 Å². The Morgan fingerprint density at radius 3 is 2.36 bits per heavy atom. The first-order valence-electron chi connectivity index (χ1n) is 7.03. The molecule has 3 aromatic carbocycles. The third kappa shape index (κ3) is 2.58. The van der Waals surface area contributed by atoms with Gasteiger partial charge in [0.15, 0.2) is 5.78 Å². The van der Waals surface area contributed by atoms with Gasteiger partial charge in [0.05, 0.1) is 7.11 Å². The van der Waals surface area contributed by atoms with Crippen LogP contribution in [0.15, 0.2) is 60.7 Å². The van der Waals surface area contributed by atoms with Crippen LogP contribution in [0.25, 0.3) is 10.8 Å². The van der Waals surface area contributed by atoms with Crippen molar-refractivity contribution >= 4 is 16.6 Å². The molecule has 22 heavy (non-hydrogen) atoms. The molecule has 0 amide bonds. The summed E-state index contributed by atoms with van der Waals surface area (Å²) < 4.78 is 19.1. The van der Waals surface area contributed by atoms with Gasteiger partial charge in [0.2, 0.25) is 0 Å². The molecule has 0 aromatic heterocycles. The van der Waals surface area contributed by atoms with Crippen molar-refractivity contribution in [3.8, 4) is 5.75 Å². The predicted octanol–water partition coefficient (Wildman–Crippen LogP) is 4.41. The van der Waals surface area contributed by atoms with Gasteiger partial charge in [-0.15, -0.1) is 0 Å². The molecule has 0 spiro atoms. The molecule has 3 rings (SSSR count). The number of carbonyl (C=O) groups is 1. The van der Waals surface area contributed by atoms with Crippen LogP contribution < -0.4 is 4.74 Å². The zero-order valence-corrected chi connectivity index (χ0v) is 12.2. The highest BCUT2D eigenvalue weighted by atomic mass is 19.1. The summed E-state index contributed by atoms with van der Waals surface area (Å²) in [6, 6.07) is 17.4. The standard InChI is InChI=1S/C19H15FO2/c1-22-19-11-10-15(14-7-3-4-8-16(14)19)18(21)12-13-6-2-5-9-17(13)20/h2-11H,12H2,1H3. The SMILES string of the molecule is COc1ccc(C(=O)Cc2ccccc2F)c2ccccc12. The first-order chi connectivity index (χ1) is 10.7. The number of benzene rings is 3. The Kier molecular flexibility index (Phi) is 3.88. The van der Waals surface area contributed by atoms with Gasteiger partial charge in [-0.05, 0) is 29.1 Å². The first-order valence-corrected chi connectivity index (χ1v) is 7.03. The summed E-state index contributed by atoms with van der Waals surface area (Å²) in [6.45, 7) is 0. The normalized spacial score (nSPS) is 10.6. The van der Waals surface area contributed by atoms with E-state index in [9.17, 15) is 9.18 Å². The average molecular weight is 294 g/mol. The van der Waals surface area contributed by atoms with E-state index in [0.29, 0.717) is 11.1 Å². The molecule has 0 aliphatic rings. The molecule has 0 radical (unpaired) electrons. The lowest BCUT2D eigenvalue weighted by Crippen LogP contribution is -2.06. The van der Waals surface area contributed by atoms with Crippen LogP contribution in [0.4, 0.5) is 4.39 Å². The zero-order chi connectivity index (χ0) is 15.5.